The molecule has 0 fully saturated rings. The van der Waals surface area contributed by atoms with E-state index in [9.17, 15) is 17.7 Å². The van der Waals surface area contributed by atoms with Crippen molar-refractivity contribution in [3.63, 3.8) is 0 Å². The van der Waals surface area contributed by atoms with Crippen molar-refractivity contribution >= 4 is 7.82 Å². The van der Waals surface area contributed by atoms with Crippen LogP contribution in [0, 0.1) is 0 Å². The number of hydrogen-bond donors (Lipinski definition) is 2. The molecule has 1 unspecified atom stereocenters. The van der Waals surface area contributed by atoms with Crippen LogP contribution in [0.4, 0.5) is 13.2 Å². The summed E-state index contributed by atoms with van der Waals surface area (Å²) >= 11 is 0. The Morgan fingerprint density at radius 3 is 2.08 bits per heavy atom. The molecule has 0 spiro atoms. The summed E-state index contributed by atoms with van der Waals surface area (Å²) in [5.74, 6) is -3.81. The third kappa shape index (κ3) is 3.36. The highest BCUT2D eigenvalue weighted by Gasteiger charge is 2.44. The monoisotopic (exact) mass is 206 g/mol. The largest absolute Gasteiger partial charge is 0.472 e. The number of rotatable bonds is 4. The van der Waals surface area contributed by atoms with Crippen LogP contribution < -0.4 is 0 Å². The van der Waals surface area contributed by atoms with Gasteiger partial charge in [0.2, 0.25) is 0 Å². The molecule has 0 aromatic heterocycles. The van der Waals surface area contributed by atoms with Gasteiger partial charge in [-0.2, -0.15) is 0 Å². The zero-order valence-corrected chi connectivity index (χ0v) is 6.55. The molecule has 0 amide bonds. The predicted octanol–water partition coefficient (Wildman–Crippen LogP) is 1.21. The first-order valence-electron chi connectivity index (χ1n) is 2.58. The predicted molar refractivity (Wildman–Crippen MR) is 33.2 cm³/mol. The van der Waals surface area contributed by atoms with Gasteiger partial charge in [-0.15, -0.1) is 0 Å². The van der Waals surface area contributed by atoms with Gasteiger partial charge in [0, 0.05) is 0 Å². The smallest absolute Gasteiger partial charge is 0.303 e. The van der Waals surface area contributed by atoms with Gasteiger partial charge in [0.05, 0.1) is 0 Å². The molecule has 72 valence electrons. The molecule has 0 aromatic rings. The van der Waals surface area contributed by atoms with Gasteiger partial charge in [0.1, 0.15) is 0 Å². The van der Waals surface area contributed by atoms with Crippen LogP contribution in [0.1, 0.15) is 0 Å². The van der Waals surface area contributed by atoms with E-state index < -0.39 is 20.1 Å². The lowest BCUT2D eigenvalue weighted by Gasteiger charge is -2.20. The zero-order chi connectivity index (χ0) is 9.99. The van der Waals surface area contributed by atoms with Crippen LogP contribution in [-0.4, -0.2) is 22.1 Å². The lowest BCUT2D eigenvalue weighted by molar-refractivity contribution is -0.140. The molecule has 0 aliphatic carbocycles. The number of alkyl halides is 3. The van der Waals surface area contributed by atoms with Crippen LogP contribution in [-0.2, 0) is 9.09 Å². The molecule has 0 saturated heterocycles. The third-order valence-electron chi connectivity index (χ3n) is 0.835. The molecule has 2 N–H and O–H groups in total. The number of halogens is 3. The Kier molecular flexibility index (Phi) is 3.46. The van der Waals surface area contributed by atoms with Crippen LogP contribution in [0.15, 0.2) is 12.7 Å². The summed E-state index contributed by atoms with van der Waals surface area (Å²) in [4.78, 5) is 16.0. The summed E-state index contributed by atoms with van der Waals surface area (Å²) in [6.45, 7) is 2.61. The Labute approximate surface area is 65.9 Å². The van der Waals surface area contributed by atoms with E-state index in [1.807, 2.05) is 0 Å². The van der Waals surface area contributed by atoms with Crippen LogP contribution in [0.3, 0.4) is 0 Å². The van der Waals surface area contributed by atoms with Crippen molar-refractivity contribution in [2.75, 3.05) is 0 Å². The average Bonchev–Trinajstić information content (AvgIpc) is 1.83. The van der Waals surface area contributed by atoms with Gasteiger partial charge >= 0.3 is 14.2 Å². The minimum atomic E-state index is -5.28. The van der Waals surface area contributed by atoms with E-state index in [0.29, 0.717) is 0 Å². The first-order valence-corrected chi connectivity index (χ1v) is 4.11. The van der Waals surface area contributed by atoms with E-state index in [-0.39, 0.29) is 6.08 Å². The van der Waals surface area contributed by atoms with Gasteiger partial charge in [-0.25, -0.2) is 22.3 Å². The van der Waals surface area contributed by atoms with Gasteiger partial charge in [-0.05, 0) is 6.08 Å². The Morgan fingerprint density at radius 1 is 1.58 bits per heavy atom. The molecule has 0 aliphatic rings. The van der Waals surface area contributed by atoms with E-state index in [1.54, 1.807) is 0 Å². The normalized spacial score (nSPS) is 17.5. The highest BCUT2D eigenvalue weighted by atomic mass is 31.2. The highest BCUT2D eigenvalue weighted by Crippen LogP contribution is 2.44. The SMILES string of the molecule is C=CC(F)(OP(=O)(O)O)C(F)F. The van der Waals surface area contributed by atoms with Gasteiger partial charge in [-0.1, -0.05) is 6.58 Å². The Bertz CT molecular complexity index is 214. The summed E-state index contributed by atoms with van der Waals surface area (Å²) < 4.78 is 49.1. The van der Waals surface area contributed by atoms with Gasteiger partial charge in [0.15, 0.2) is 0 Å². The summed E-state index contributed by atoms with van der Waals surface area (Å²) in [6, 6.07) is 0. The summed E-state index contributed by atoms with van der Waals surface area (Å²) in [5, 5.41) is 0. The fraction of sp³-hybridized carbons (Fsp3) is 0.500. The van der Waals surface area contributed by atoms with Gasteiger partial charge in [0.25, 0.3) is 5.85 Å². The fourth-order valence-electron chi connectivity index (χ4n) is 0.348. The molecule has 0 radical (unpaired) electrons. The molecule has 0 aliphatic heterocycles. The summed E-state index contributed by atoms with van der Waals surface area (Å²) in [6.07, 6.45) is -3.72. The maximum absolute atomic E-state index is 12.6. The summed E-state index contributed by atoms with van der Waals surface area (Å²) in [5.41, 5.74) is 0. The zero-order valence-electron chi connectivity index (χ0n) is 5.65. The molecular formula is C4H6F3O4P. The van der Waals surface area contributed by atoms with Crippen molar-refractivity contribution < 1.29 is 32.0 Å². The molecule has 8 heteroatoms. The van der Waals surface area contributed by atoms with E-state index in [1.165, 1.54) is 0 Å². The fourth-order valence-corrected chi connectivity index (χ4v) is 0.867. The number of phosphoric ester groups is 1. The van der Waals surface area contributed by atoms with E-state index >= 15 is 0 Å². The van der Waals surface area contributed by atoms with Crippen molar-refractivity contribution in [1.29, 1.82) is 0 Å². The average molecular weight is 206 g/mol. The van der Waals surface area contributed by atoms with Crippen molar-refractivity contribution in [1.82, 2.24) is 0 Å². The van der Waals surface area contributed by atoms with E-state index in [4.69, 9.17) is 9.79 Å². The molecular weight excluding hydrogens is 200 g/mol. The van der Waals surface area contributed by atoms with Crippen LogP contribution in [0.25, 0.3) is 0 Å². The molecule has 12 heavy (non-hydrogen) atoms. The maximum atomic E-state index is 12.6. The van der Waals surface area contributed by atoms with Gasteiger partial charge < -0.3 is 9.79 Å². The van der Waals surface area contributed by atoms with Crippen LogP contribution >= 0.6 is 7.82 Å². The van der Waals surface area contributed by atoms with Gasteiger partial charge in [-0.3, -0.25) is 0 Å². The third-order valence-corrected chi connectivity index (χ3v) is 1.35. The quantitative estimate of drug-likeness (QED) is 0.535. The first kappa shape index (κ1) is 11.6. The molecule has 0 aromatic carbocycles. The minimum absolute atomic E-state index is 0.0171. The Morgan fingerprint density at radius 2 is 2.00 bits per heavy atom. The summed E-state index contributed by atoms with van der Waals surface area (Å²) in [7, 11) is -5.28. The molecule has 0 heterocycles. The molecule has 1 atom stereocenters. The second-order valence-electron chi connectivity index (χ2n) is 1.78. The highest BCUT2D eigenvalue weighted by molar-refractivity contribution is 7.46. The van der Waals surface area contributed by atoms with Crippen molar-refractivity contribution in [3.05, 3.63) is 12.7 Å². The first-order chi connectivity index (χ1) is 5.21. The molecule has 0 bridgehead atoms. The molecule has 0 saturated carbocycles. The standard InChI is InChI=1S/C4H6F3O4P/c1-2-4(7,3(5)6)11-12(8,9)10/h2-3H,1H2,(H2,8,9,10). The number of phosphoric acid groups is 1. The second-order valence-corrected chi connectivity index (χ2v) is 2.95. The minimum Gasteiger partial charge on any atom is -0.303 e. The maximum Gasteiger partial charge on any atom is 0.472 e. The van der Waals surface area contributed by atoms with E-state index in [0.717, 1.165) is 0 Å². The Balaban J connectivity index is 4.57. The van der Waals surface area contributed by atoms with E-state index in [2.05, 4.69) is 11.1 Å². The Hall–Kier alpha value is -0.360. The lowest BCUT2D eigenvalue weighted by atomic mass is 10.3. The number of hydrogen-bond acceptors (Lipinski definition) is 2. The van der Waals surface area contributed by atoms with Crippen molar-refractivity contribution in [3.8, 4) is 0 Å². The topological polar surface area (TPSA) is 66.8 Å². The second kappa shape index (κ2) is 3.57. The van der Waals surface area contributed by atoms with Crippen molar-refractivity contribution in [2.45, 2.75) is 12.3 Å². The molecule has 4 nitrogen and oxygen atoms in total. The lowest BCUT2D eigenvalue weighted by Crippen LogP contribution is -2.31. The van der Waals surface area contributed by atoms with Crippen LogP contribution in [0.2, 0.25) is 0 Å². The van der Waals surface area contributed by atoms with Crippen molar-refractivity contribution in [2.24, 2.45) is 0 Å². The van der Waals surface area contributed by atoms with Crippen LogP contribution in [0.5, 0.6) is 0 Å². The molecule has 0 rings (SSSR count).